The molecule has 0 N–H and O–H groups in total. The summed E-state index contributed by atoms with van der Waals surface area (Å²) in [4.78, 5) is 18.3. The number of carbonyl (C=O) groups is 1. The van der Waals surface area contributed by atoms with E-state index in [2.05, 4.69) is 10.1 Å². The Morgan fingerprint density at radius 2 is 2.00 bits per heavy atom. The minimum atomic E-state index is -2.36. The number of nitrogens with zero attached hydrogens (tertiary/aromatic N) is 3. The summed E-state index contributed by atoms with van der Waals surface area (Å²) in [6, 6.07) is 7.22. The number of likely N-dealkylation sites (tertiary alicyclic amines) is 1. The fourth-order valence-electron chi connectivity index (χ4n) is 3.61. The summed E-state index contributed by atoms with van der Waals surface area (Å²) in [7, 11) is 1.62. The van der Waals surface area contributed by atoms with Gasteiger partial charge in [0.2, 0.25) is 18.2 Å². The lowest BCUT2D eigenvalue weighted by molar-refractivity contribution is -0.130. The highest BCUT2D eigenvalue weighted by atomic mass is 19.3. The highest BCUT2D eigenvalue weighted by Crippen LogP contribution is 2.35. The maximum absolute atomic E-state index is 12.6. The molecule has 0 aliphatic carbocycles. The van der Waals surface area contributed by atoms with Gasteiger partial charge >= 0.3 is 0 Å². The fourth-order valence-corrected chi connectivity index (χ4v) is 3.61. The predicted octanol–water partition coefficient (Wildman–Crippen LogP) is 3.19. The topological polar surface area (TPSA) is 68.5 Å². The zero-order valence-corrected chi connectivity index (χ0v) is 16.1. The monoisotopic (exact) mass is 393 g/mol. The second-order valence-electron chi connectivity index (χ2n) is 7.18. The van der Waals surface area contributed by atoms with Gasteiger partial charge in [0.15, 0.2) is 5.82 Å². The quantitative estimate of drug-likeness (QED) is 0.723. The second kappa shape index (κ2) is 9.23. The third-order valence-electron chi connectivity index (χ3n) is 5.10. The number of hydrogen-bond acceptors (Lipinski definition) is 5. The molecule has 2 unspecified atom stereocenters. The molecular formula is C20H25F2N3O3. The smallest absolute Gasteiger partial charge is 0.242 e. The van der Waals surface area contributed by atoms with Gasteiger partial charge in [-0.3, -0.25) is 4.79 Å². The van der Waals surface area contributed by atoms with Crippen LogP contribution in [0.2, 0.25) is 0 Å². The van der Waals surface area contributed by atoms with Crippen LogP contribution >= 0.6 is 0 Å². The lowest BCUT2D eigenvalue weighted by atomic mass is 9.84. The molecule has 1 aromatic heterocycles. The van der Waals surface area contributed by atoms with E-state index in [4.69, 9.17) is 9.26 Å². The number of aromatic nitrogens is 2. The van der Waals surface area contributed by atoms with Crippen LogP contribution in [0.5, 0.6) is 0 Å². The molecule has 3 rings (SSSR count). The zero-order valence-electron chi connectivity index (χ0n) is 16.1. The van der Waals surface area contributed by atoms with Crippen LogP contribution in [0.25, 0.3) is 0 Å². The Bertz CT molecular complexity index is 779. The van der Waals surface area contributed by atoms with Gasteiger partial charge in [-0.1, -0.05) is 29.4 Å². The van der Waals surface area contributed by atoms with Crippen LogP contribution in [0.4, 0.5) is 8.78 Å². The largest absolute Gasteiger partial charge is 0.384 e. The van der Waals surface area contributed by atoms with Crippen molar-refractivity contribution in [1.82, 2.24) is 15.0 Å². The van der Waals surface area contributed by atoms with Crippen molar-refractivity contribution < 1.29 is 22.8 Å². The Labute approximate surface area is 162 Å². The molecule has 0 bridgehead atoms. The molecule has 2 heterocycles. The van der Waals surface area contributed by atoms with E-state index in [1.54, 1.807) is 31.1 Å². The molecule has 28 heavy (non-hydrogen) atoms. The van der Waals surface area contributed by atoms with Crippen LogP contribution in [0, 0.1) is 0 Å². The minimum Gasteiger partial charge on any atom is -0.384 e. The van der Waals surface area contributed by atoms with Crippen LogP contribution in [-0.2, 0) is 22.4 Å². The zero-order chi connectivity index (χ0) is 20.1. The molecule has 1 aromatic carbocycles. The first kappa shape index (κ1) is 20.4. The Hall–Kier alpha value is -2.35. The van der Waals surface area contributed by atoms with Crippen LogP contribution in [0.3, 0.4) is 0 Å². The molecule has 0 saturated carbocycles. The van der Waals surface area contributed by atoms with Crippen molar-refractivity contribution in [3.63, 3.8) is 0 Å². The second-order valence-corrected chi connectivity index (χ2v) is 7.18. The molecule has 0 radical (unpaired) electrons. The summed E-state index contributed by atoms with van der Waals surface area (Å²) in [5, 5.41) is 4.00. The molecule has 1 fully saturated rings. The van der Waals surface area contributed by atoms with Crippen molar-refractivity contribution in [2.45, 2.75) is 44.4 Å². The van der Waals surface area contributed by atoms with Crippen molar-refractivity contribution in [2.75, 3.05) is 26.8 Å². The first-order valence-electron chi connectivity index (χ1n) is 9.40. The van der Waals surface area contributed by atoms with E-state index in [1.165, 1.54) is 0 Å². The maximum Gasteiger partial charge on any atom is 0.242 e. The highest BCUT2D eigenvalue weighted by molar-refractivity contribution is 5.73. The average molecular weight is 393 g/mol. The van der Waals surface area contributed by atoms with Crippen LogP contribution < -0.4 is 0 Å². The van der Waals surface area contributed by atoms with Gasteiger partial charge in [-0.2, -0.15) is 4.98 Å². The van der Waals surface area contributed by atoms with E-state index in [1.807, 2.05) is 12.1 Å². The Kier molecular flexibility index (Phi) is 6.72. The van der Waals surface area contributed by atoms with E-state index < -0.39 is 6.43 Å². The Morgan fingerprint density at radius 1 is 1.29 bits per heavy atom. The maximum atomic E-state index is 12.6. The van der Waals surface area contributed by atoms with Gasteiger partial charge in [-0.15, -0.1) is 0 Å². The standard InChI is InChI=1S/C20H25F2N3O3/c1-13(26)25-11-16(15-5-3-14(4-6-15)9-18(21)22)10-17(12-25)20-23-19(24-28-20)7-8-27-2/h3-6,16-18H,7-12H2,1-2H3. The van der Waals surface area contributed by atoms with E-state index in [0.717, 1.165) is 12.0 Å². The van der Waals surface area contributed by atoms with Crippen molar-refractivity contribution in [3.05, 3.63) is 47.1 Å². The van der Waals surface area contributed by atoms with Gasteiger partial charge in [-0.05, 0) is 17.5 Å². The molecule has 6 nitrogen and oxygen atoms in total. The van der Waals surface area contributed by atoms with Gasteiger partial charge in [0.25, 0.3) is 0 Å². The molecule has 2 aromatic rings. The summed E-state index contributed by atoms with van der Waals surface area (Å²) in [6.07, 6.45) is -1.29. The lowest BCUT2D eigenvalue weighted by Crippen LogP contribution is -2.41. The first-order chi connectivity index (χ1) is 13.5. The number of alkyl halides is 2. The number of carbonyl (C=O) groups excluding carboxylic acids is 1. The average Bonchev–Trinajstić information content (AvgIpc) is 3.15. The van der Waals surface area contributed by atoms with Crippen molar-refractivity contribution >= 4 is 5.91 Å². The number of ether oxygens (including phenoxy) is 1. The van der Waals surface area contributed by atoms with Crippen molar-refractivity contribution in [2.24, 2.45) is 0 Å². The lowest BCUT2D eigenvalue weighted by Gasteiger charge is -2.36. The summed E-state index contributed by atoms with van der Waals surface area (Å²) >= 11 is 0. The molecule has 1 aliphatic rings. The number of halogens is 2. The summed E-state index contributed by atoms with van der Waals surface area (Å²) < 4.78 is 35.6. The molecule has 2 atom stereocenters. The van der Waals surface area contributed by atoms with E-state index in [-0.39, 0.29) is 24.2 Å². The Morgan fingerprint density at radius 3 is 2.64 bits per heavy atom. The van der Waals surface area contributed by atoms with Gasteiger partial charge in [-0.25, -0.2) is 8.78 Å². The fraction of sp³-hybridized carbons (Fsp3) is 0.550. The molecular weight excluding hydrogens is 368 g/mol. The van der Waals surface area contributed by atoms with E-state index >= 15 is 0 Å². The predicted molar refractivity (Wildman–Crippen MR) is 98.4 cm³/mol. The third-order valence-corrected chi connectivity index (χ3v) is 5.10. The number of piperidine rings is 1. The third kappa shape index (κ3) is 5.13. The van der Waals surface area contributed by atoms with Crippen molar-refractivity contribution in [1.29, 1.82) is 0 Å². The number of hydrogen-bond donors (Lipinski definition) is 0. The molecule has 152 valence electrons. The molecule has 1 aliphatic heterocycles. The van der Waals surface area contributed by atoms with Crippen LogP contribution in [-0.4, -0.2) is 54.2 Å². The summed E-state index contributed by atoms with van der Waals surface area (Å²) in [5.41, 5.74) is 1.63. The van der Waals surface area contributed by atoms with E-state index in [9.17, 15) is 13.6 Å². The number of rotatable bonds is 7. The van der Waals surface area contributed by atoms with Gasteiger partial charge in [0, 0.05) is 45.9 Å². The van der Waals surface area contributed by atoms with Crippen molar-refractivity contribution in [3.8, 4) is 0 Å². The number of benzene rings is 1. The van der Waals surface area contributed by atoms with Crippen LogP contribution in [0.15, 0.2) is 28.8 Å². The highest BCUT2D eigenvalue weighted by Gasteiger charge is 2.33. The molecule has 1 saturated heterocycles. The van der Waals surface area contributed by atoms with Crippen LogP contribution in [0.1, 0.15) is 48.0 Å². The first-order valence-corrected chi connectivity index (χ1v) is 9.40. The Balaban J connectivity index is 1.76. The normalized spacial score (nSPS) is 20.0. The van der Waals surface area contributed by atoms with Gasteiger partial charge < -0.3 is 14.2 Å². The van der Waals surface area contributed by atoms with E-state index in [0.29, 0.717) is 43.4 Å². The number of methoxy groups -OCH3 is 1. The summed E-state index contributed by atoms with van der Waals surface area (Å²) in [6.45, 7) is 3.17. The number of amides is 1. The van der Waals surface area contributed by atoms with Gasteiger partial charge in [0.1, 0.15) is 0 Å². The molecule has 8 heteroatoms. The van der Waals surface area contributed by atoms with Gasteiger partial charge in [0.05, 0.1) is 12.5 Å². The summed E-state index contributed by atoms with van der Waals surface area (Å²) in [5.74, 6) is 1.12. The SMILES string of the molecule is COCCc1noc(C2CC(c3ccc(CC(F)F)cc3)CN(C(C)=O)C2)n1. The minimum absolute atomic E-state index is 0.0110. The molecule has 1 amide bonds. The molecule has 0 spiro atoms.